The summed E-state index contributed by atoms with van der Waals surface area (Å²) in [6, 6.07) is 10.8. The van der Waals surface area contributed by atoms with Crippen molar-refractivity contribution in [2.75, 3.05) is 26.4 Å². The first-order chi connectivity index (χ1) is 14.1. The third-order valence-electron chi connectivity index (χ3n) is 5.25. The van der Waals surface area contributed by atoms with Gasteiger partial charge in [-0.3, -0.25) is 20.4 Å². The van der Waals surface area contributed by atoms with Gasteiger partial charge in [0.25, 0.3) is 5.91 Å². The predicted molar refractivity (Wildman–Crippen MR) is 101 cm³/mol. The number of amides is 2. The normalized spacial score (nSPS) is 17.3. The van der Waals surface area contributed by atoms with Crippen LogP contribution in [0.5, 0.6) is 11.5 Å². The molecule has 2 aromatic carbocycles. The highest BCUT2D eigenvalue weighted by Gasteiger charge is 2.42. The number of carbonyl (C=O) groups excluding carboxylic acids is 2. The van der Waals surface area contributed by atoms with E-state index < -0.39 is 23.0 Å². The van der Waals surface area contributed by atoms with Crippen LogP contribution < -0.4 is 20.3 Å². The van der Waals surface area contributed by atoms with Gasteiger partial charge in [-0.25, -0.2) is 4.39 Å². The molecule has 0 aromatic heterocycles. The first-order valence-electron chi connectivity index (χ1n) is 9.43. The number of hydrogen-bond donors (Lipinski definition) is 2. The van der Waals surface area contributed by atoms with Crippen molar-refractivity contribution in [1.29, 1.82) is 0 Å². The van der Waals surface area contributed by atoms with Gasteiger partial charge in [0.1, 0.15) is 19.0 Å². The van der Waals surface area contributed by atoms with Crippen LogP contribution in [-0.4, -0.2) is 38.2 Å². The summed E-state index contributed by atoms with van der Waals surface area (Å²) in [6.45, 7) is 1.62. The van der Waals surface area contributed by atoms with Crippen LogP contribution in [0.15, 0.2) is 42.5 Å². The molecule has 2 amide bonds. The second-order valence-corrected chi connectivity index (χ2v) is 6.97. The van der Waals surface area contributed by atoms with Crippen molar-refractivity contribution >= 4 is 11.8 Å². The quantitative estimate of drug-likeness (QED) is 0.771. The first kappa shape index (κ1) is 19.2. The van der Waals surface area contributed by atoms with E-state index in [1.54, 1.807) is 30.3 Å². The summed E-state index contributed by atoms with van der Waals surface area (Å²) in [7, 11) is 0. The number of hydrazine groups is 1. The minimum absolute atomic E-state index is 0.321. The maximum absolute atomic E-state index is 13.8. The molecule has 152 valence electrons. The second-order valence-electron chi connectivity index (χ2n) is 6.97. The molecule has 0 aliphatic carbocycles. The van der Waals surface area contributed by atoms with E-state index >= 15 is 0 Å². The Bertz CT molecular complexity index is 927. The number of benzene rings is 2. The van der Waals surface area contributed by atoms with Crippen molar-refractivity contribution in [2.45, 2.75) is 18.3 Å². The monoisotopic (exact) mass is 400 g/mol. The van der Waals surface area contributed by atoms with Crippen LogP contribution in [0.25, 0.3) is 0 Å². The lowest BCUT2D eigenvalue weighted by atomic mass is 9.73. The maximum Gasteiger partial charge on any atom is 0.269 e. The van der Waals surface area contributed by atoms with E-state index in [1.165, 1.54) is 12.1 Å². The summed E-state index contributed by atoms with van der Waals surface area (Å²) in [5.41, 5.74) is 4.85. The molecule has 2 aliphatic heterocycles. The maximum atomic E-state index is 13.8. The Morgan fingerprint density at radius 1 is 0.897 bits per heavy atom. The summed E-state index contributed by atoms with van der Waals surface area (Å²) in [6.07, 6.45) is 0.782. The topological polar surface area (TPSA) is 85.9 Å². The van der Waals surface area contributed by atoms with Crippen LogP contribution in [0.1, 0.15) is 28.8 Å². The van der Waals surface area contributed by atoms with E-state index in [0.29, 0.717) is 61.9 Å². The lowest BCUT2D eigenvalue weighted by Crippen LogP contribution is -2.53. The van der Waals surface area contributed by atoms with E-state index in [9.17, 15) is 14.0 Å². The summed E-state index contributed by atoms with van der Waals surface area (Å²) in [5.74, 6) is -0.254. The van der Waals surface area contributed by atoms with Crippen molar-refractivity contribution in [1.82, 2.24) is 10.9 Å². The number of rotatable bonds is 3. The zero-order chi connectivity index (χ0) is 20.3. The molecule has 1 saturated heterocycles. The van der Waals surface area contributed by atoms with Crippen LogP contribution in [0.3, 0.4) is 0 Å². The second kappa shape index (κ2) is 8.08. The Morgan fingerprint density at radius 3 is 2.41 bits per heavy atom. The fourth-order valence-corrected chi connectivity index (χ4v) is 3.64. The van der Waals surface area contributed by atoms with Crippen molar-refractivity contribution < 1.29 is 28.2 Å². The van der Waals surface area contributed by atoms with Crippen molar-refractivity contribution in [3.63, 3.8) is 0 Å². The number of halogens is 1. The van der Waals surface area contributed by atoms with E-state index in [-0.39, 0.29) is 0 Å². The van der Waals surface area contributed by atoms with Gasteiger partial charge in [0.2, 0.25) is 5.91 Å². The average Bonchev–Trinajstić information content (AvgIpc) is 2.77. The van der Waals surface area contributed by atoms with Crippen LogP contribution >= 0.6 is 0 Å². The Morgan fingerprint density at radius 2 is 1.66 bits per heavy atom. The van der Waals surface area contributed by atoms with Gasteiger partial charge < -0.3 is 14.2 Å². The number of carbonyl (C=O) groups is 2. The molecule has 0 radical (unpaired) electrons. The fourth-order valence-electron chi connectivity index (χ4n) is 3.64. The van der Waals surface area contributed by atoms with Gasteiger partial charge in [-0.05, 0) is 48.7 Å². The number of nitrogens with one attached hydrogen (secondary N) is 2. The highest BCUT2D eigenvalue weighted by Crippen LogP contribution is 2.35. The largest absolute Gasteiger partial charge is 0.486 e. The molecule has 0 atom stereocenters. The van der Waals surface area contributed by atoms with Gasteiger partial charge in [0.05, 0.1) is 5.41 Å². The predicted octanol–water partition coefficient (Wildman–Crippen LogP) is 2.11. The molecule has 1 fully saturated rings. The lowest BCUT2D eigenvalue weighted by molar-refractivity contribution is -0.131. The molecule has 0 bridgehead atoms. The Hall–Kier alpha value is -3.13. The van der Waals surface area contributed by atoms with E-state index in [4.69, 9.17) is 14.2 Å². The van der Waals surface area contributed by atoms with Crippen molar-refractivity contribution in [2.24, 2.45) is 0 Å². The Labute approximate surface area is 167 Å². The SMILES string of the molecule is O=C(NNC(=O)C1(c2cccc(F)c2)CCOCC1)c1ccc2c(c1)OCCO2. The number of hydrogen-bond acceptors (Lipinski definition) is 5. The summed E-state index contributed by atoms with van der Waals surface area (Å²) in [4.78, 5) is 25.6. The number of ether oxygens (including phenoxy) is 3. The Balaban J connectivity index is 1.49. The molecule has 2 aromatic rings. The van der Waals surface area contributed by atoms with Crippen LogP contribution in [-0.2, 0) is 14.9 Å². The van der Waals surface area contributed by atoms with E-state index in [0.717, 1.165) is 0 Å². The molecule has 2 N–H and O–H groups in total. The van der Waals surface area contributed by atoms with Crippen LogP contribution in [0.4, 0.5) is 4.39 Å². The zero-order valence-electron chi connectivity index (χ0n) is 15.7. The molecule has 0 spiro atoms. The van der Waals surface area contributed by atoms with Gasteiger partial charge >= 0.3 is 0 Å². The zero-order valence-corrected chi connectivity index (χ0v) is 15.7. The van der Waals surface area contributed by atoms with Gasteiger partial charge in [0.15, 0.2) is 11.5 Å². The Kier molecular flexibility index (Phi) is 5.35. The van der Waals surface area contributed by atoms with Crippen molar-refractivity contribution in [3.05, 3.63) is 59.4 Å². The molecular formula is C21H21FN2O5. The van der Waals surface area contributed by atoms with E-state index in [1.807, 2.05) is 0 Å². The van der Waals surface area contributed by atoms with E-state index in [2.05, 4.69) is 10.9 Å². The summed E-state index contributed by atoms with van der Waals surface area (Å²) in [5, 5.41) is 0. The molecule has 4 rings (SSSR count). The highest BCUT2D eigenvalue weighted by atomic mass is 19.1. The molecule has 7 nitrogen and oxygen atoms in total. The average molecular weight is 400 g/mol. The number of fused-ring (bicyclic) bond motifs is 1. The molecule has 2 heterocycles. The van der Waals surface area contributed by atoms with Crippen LogP contribution in [0, 0.1) is 5.82 Å². The van der Waals surface area contributed by atoms with Gasteiger partial charge in [-0.15, -0.1) is 0 Å². The molecule has 29 heavy (non-hydrogen) atoms. The minimum atomic E-state index is -0.972. The minimum Gasteiger partial charge on any atom is -0.486 e. The lowest BCUT2D eigenvalue weighted by Gasteiger charge is -2.36. The van der Waals surface area contributed by atoms with Gasteiger partial charge in [-0.2, -0.15) is 0 Å². The standard InChI is InChI=1S/C21H21FN2O5/c22-16-3-1-2-15(13-16)21(6-8-27-9-7-21)20(26)24-23-19(25)14-4-5-17-18(12-14)29-11-10-28-17/h1-5,12-13H,6-11H2,(H,23,25)(H,24,26). The summed E-state index contributed by atoms with van der Waals surface area (Å²) < 4.78 is 30.1. The molecular weight excluding hydrogens is 379 g/mol. The molecule has 0 unspecified atom stereocenters. The fraction of sp³-hybridized carbons (Fsp3) is 0.333. The first-order valence-corrected chi connectivity index (χ1v) is 9.43. The molecule has 8 heteroatoms. The third-order valence-corrected chi connectivity index (χ3v) is 5.25. The van der Waals surface area contributed by atoms with Gasteiger partial charge in [-0.1, -0.05) is 12.1 Å². The van der Waals surface area contributed by atoms with Crippen LogP contribution in [0.2, 0.25) is 0 Å². The van der Waals surface area contributed by atoms with Gasteiger partial charge in [0, 0.05) is 18.8 Å². The molecule has 2 aliphatic rings. The highest BCUT2D eigenvalue weighted by molar-refractivity contribution is 5.97. The molecule has 0 saturated carbocycles. The van der Waals surface area contributed by atoms with Crippen molar-refractivity contribution in [3.8, 4) is 11.5 Å². The third kappa shape index (κ3) is 3.88. The smallest absolute Gasteiger partial charge is 0.269 e. The summed E-state index contributed by atoms with van der Waals surface area (Å²) >= 11 is 0.